The van der Waals surface area contributed by atoms with E-state index in [4.69, 9.17) is 0 Å². The van der Waals surface area contributed by atoms with Gasteiger partial charge in [0.1, 0.15) is 0 Å². The Balaban J connectivity index is 1.09. The molecule has 0 unspecified atom stereocenters. The lowest BCUT2D eigenvalue weighted by atomic mass is 9.95. The van der Waals surface area contributed by atoms with Crippen molar-refractivity contribution in [1.29, 1.82) is 0 Å². The van der Waals surface area contributed by atoms with Crippen LogP contribution < -0.4 is 4.90 Å². The molecule has 0 fully saturated rings. The largest absolute Gasteiger partial charge is 0.310 e. The molecule has 11 aromatic rings. The minimum absolute atomic E-state index is 1.08. The number of hydrogen-bond acceptors (Lipinski definition) is 1. The Morgan fingerprint density at radius 3 is 1.34 bits per heavy atom. The number of fused-ring (bicyclic) bond motifs is 5. The molecule has 0 aliphatic heterocycles. The first-order valence-corrected chi connectivity index (χ1v) is 19.9. The standard InChI is InChI=1S/C56H38N2/c1-2-14-42(15-3-1)51-35-28-47(46-25-23-40-13-5-7-17-44(40)37-46)38-56(51)57(48-29-26-41(27-30-48)45-24-22-39-12-4-6-16-43(39)36-45)49-31-33-50(34-32-49)58-54-20-10-8-18-52(54)53-19-9-11-21-55(53)58/h1-38H. The monoisotopic (exact) mass is 738 g/mol. The summed E-state index contributed by atoms with van der Waals surface area (Å²) in [4.78, 5) is 2.42. The van der Waals surface area contributed by atoms with Crippen molar-refractivity contribution in [3.63, 3.8) is 0 Å². The molecule has 58 heavy (non-hydrogen) atoms. The second-order valence-corrected chi connectivity index (χ2v) is 15.0. The van der Waals surface area contributed by atoms with Gasteiger partial charge in [-0.25, -0.2) is 0 Å². The summed E-state index contributed by atoms with van der Waals surface area (Å²) in [5, 5.41) is 7.48. The third-order valence-corrected chi connectivity index (χ3v) is 11.6. The topological polar surface area (TPSA) is 8.17 Å². The Hall–Kier alpha value is -7.68. The second-order valence-electron chi connectivity index (χ2n) is 15.0. The van der Waals surface area contributed by atoms with E-state index in [9.17, 15) is 0 Å². The summed E-state index contributed by atoms with van der Waals surface area (Å²) in [6.07, 6.45) is 0. The van der Waals surface area contributed by atoms with Crippen LogP contribution in [0.25, 0.3) is 82.4 Å². The first-order chi connectivity index (χ1) is 28.7. The normalized spacial score (nSPS) is 11.4. The number of hydrogen-bond donors (Lipinski definition) is 0. The maximum Gasteiger partial charge on any atom is 0.0546 e. The van der Waals surface area contributed by atoms with Gasteiger partial charge in [-0.05, 0) is 116 Å². The molecular weight excluding hydrogens is 701 g/mol. The van der Waals surface area contributed by atoms with Crippen molar-refractivity contribution in [3.05, 3.63) is 231 Å². The van der Waals surface area contributed by atoms with Crippen LogP contribution in [0.3, 0.4) is 0 Å². The molecule has 0 bridgehead atoms. The van der Waals surface area contributed by atoms with Gasteiger partial charge < -0.3 is 9.47 Å². The summed E-state index contributed by atoms with van der Waals surface area (Å²) in [7, 11) is 0. The number of para-hydroxylation sites is 2. The third kappa shape index (κ3) is 5.91. The van der Waals surface area contributed by atoms with Gasteiger partial charge >= 0.3 is 0 Å². The minimum Gasteiger partial charge on any atom is -0.310 e. The molecule has 2 heteroatoms. The van der Waals surface area contributed by atoms with Crippen LogP contribution in [0.4, 0.5) is 17.1 Å². The van der Waals surface area contributed by atoms with Crippen LogP contribution in [0, 0.1) is 0 Å². The molecule has 0 aliphatic rings. The zero-order chi connectivity index (χ0) is 38.4. The molecule has 0 radical (unpaired) electrons. The number of anilines is 3. The van der Waals surface area contributed by atoms with E-state index in [0.29, 0.717) is 0 Å². The number of aromatic nitrogens is 1. The van der Waals surface area contributed by atoms with Crippen molar-refractivity contribution in [1.82, 2.24) is 4.57 Å². The molecule has 10 aromatic carbocycles. The lowest BCUT2D eigenvalue weighted by Gasteiger charge is -2.29. The lowest BCUT2D eigenvalue weighted by molar-refractivity contribution is 1.17. The molecule has 0 N–H and O–H groups in total. The fourth-order valence-electron chi connectivity index (χ4n) is 8.68. The van der Waals surface area contributed by atoms with Crippen LogP contribution >= 0.6 is 0 Å². The number of benzene rings is 10. The number of nitrogens with zero attached hydrogens (tertiary/aromatic N) is 2. The zero-order valence-corrected chi connectivity index (χ0v) is 31.8. The van der Waals surface area contributed by atoms with Crippen molar-refractivity contribution in [2.75, 3.05) is 4.90 Å². The quantitative estimate of drug-likeness (QED) is 0.158. The smallest absolute Gasteiger partial charge is 0.0546 e. The molecule has 272 valence electrons. The Morgan fingerprint density at radius 1 is 0.293 bits per heavy atom. The van der Waals surface area contributed by atoms with Crippen molar-refractivity contribution in [2.24, 2.45) is 0 Å². The second kappa shape index (κ2) is 14.1. The molecule has 0 aliphatic carbocycles. The molecule has 11 rings (SSSR count). The van der Waals surface area contributed by atoms with E-state index in [-0.39, 0.29) is 0 Å². The van der Waals surface area contributed by atoms with E-state index in [1.54, 1.807) is 0 Å². The minimum atomic E-state index is 1.08. The number of rotatable bonds is 7. The van der Waals surface area contributed by atoms with Gasteiger partial charge in [0.05, 0.1) is 16.7 Å². The summed E-state index contributed by atoms with van der Waals surface area (Å²) >= 11 is 0. The molecule has 0 saturated heterocycles. The van der Waals surface area contributed by atoms with Gasteiger partial charge in [0, 0.05) is 33.4 Å². The van der Waals surface area contributed by atoms with Crippen molar-refractivity contribution < 1.29 is 0 Å². The third-order valence-electron chi connectivity index (χ3n) is 11.6. The van der Waals surface area contributed by atoms with Crippen molar-refractivity contribution in [2.45, 2.75) is 0 Å². The predicted molar refractivity (Wildman–Crippen MR) is 247 cm³/mol. The first-order valence-electron chi connectivity index (χ1n) is 19.9. The molecule has 0 spiro atoms. The average molecular weight is 739 g/mol. The highest BCUT2D eigenvalue weighted by molar-refractivity contribution is 6.09. The predicted octanol–water partition coefficient (Wildman–Crippen LogP) is 15.6. The summed E-state index contributed by atoms with van der Waals surface area (Å²) in [5.41, 5.74) is 13.9. The molecule has 1 aromatic heterocycles. The Morgan fingerprint density at radius 2 is 0.741 bits per heavy atom. The maximum absolute atomic E-state index is 2.42. The summed E-state index contributed by atoms with van der Waals surface area (Å²) in [6.45, 7) is 0. The Bertz CT molecular complexity index is 3210. The van der Waals surface area contributed by atoms with E-state index in [0.717, 1.165) is 28.3 Å². The SMILES string of the molecule is c1ccc(-c2ccc(-c3ccc4ccccc4c3)cc2N(c2ccc(-c3ccc4ccccc4c3)cc2)c2ccc(-n3c4ccccc4c4ccccc43)cc2)cc1. The van der Waals surface area contributed by atoms with Crippen LogP contribution in [0.5, 0.6) is 0 Å². The maximum atomic E-state index is 2.42. The first kappa shape index (κ1) is 33.6. The van der Waals surface area contributed by atoms with Crippen LogP contribution in [0.1, 0.15) is 0 Å². The zero-order valence-electron chi connectivity index (χ0n) is 31.8. The van der Waals surface area contributed by atoms with Crippen LogP contribution in [0.2, 0.25) is 0 Å². The molecule has 1 heterocycles. The molecule has 2 nitrogen and oxygen atoms in total. The summed E-state index contributed by atoms with van der Waals surface area (Å²) in [6, 6.07) is 83.8. The highest BCUT2D eigenvalue weighted by atomic mass is 15.1. The van der Waals surface area contributed by atoms with Gasteiger partial charge in [0.15, 0.2) is 0 Å². The summed E-state index contributed by atoms with van der Waals surface area (Å²) < 4.78 is 2.38. The van der Waals surface area contributed by atoms with E-state index in [1.807, 2.05) is 0 Å². The van der Waals surface area contributed by atoms with E-state index in [2.05, 4.69) is 240 Å². The highest BCUT2D eigenvalue weighted by Gasteiger charge is 2.20. The van der Waals surface area contributed by atoms with Gasteiger partial charge in [0.25, 0.3) is 0 Å². The van der Waals surface area contributed by atoms with Gasteiger partial charge in [-0.3, -0.25) is 0 Å². The van der Waals surface area contributed by atoms with E-state index < -0.39 is 0 Å². The average Bonchev–Trinajstić information content (AvgIpc) is 3.64. The molecular formula is C56H38N2. The van der Waals surface area contributed by atoms with Crippen LogP contribution in [-0.4, -0.2) is 4.57 Å². The highest BCUT2D eigenvalue weighted by Crippen LogP contribution is 2.44. The Kier molecular flexibility index (Phi) is 8.19. The molecule has 0 amide bonds. The van der Waals surface area contributed by atoms with Crippen molar-refractivity contribution >= 4 is 60.4 Å². The lowest BCUT2D eigenvalue weighted by Crippen LogP contribution is -2.11. The van der Waals surface area contributed by atoms with Crippen molar-refractivity contribution in [3.8, 4) is 39.1 Å². The van der Waals surface area contributed by atoms with Gasteiger partial charge in [-0.15, -0.1) is 0 Å². The fraction of sp³-hybridized carbons (Fsp3) is 0. The van der Waals surface area contributed by atoms with Crippen LogP contribution in [0.15, 0.2) is 231 Å². The van der Waals surface area contributed by atoms with Crippen LogP contribution in [-0.2, 0) is 0 Å². The Labute approximate surface area is 338 Å². The summed E-state index contributed by atoms with van der Waals surface area (Å²) in [5.74, 6) is 0. The van der Waals surface area contributed by atoms with Gasteiger partial charge in [-0.1, -0.05) is 164 Å². The van der Waals surface area contributed by atoms with E-state index >= 15 is 0 Å². The molecule has 0 atom stereocenters. The van der Waals surface area contributed by atoms with Gasteiger partial charge in [-0.2, -0.15) is 0 Å². The fourth-order valence-corrected chi connectivity index (χ4v) is 8.68. The van der Waals surface area contributed by atoms with Gasteiger partial charge in [0.2, 0.25) is 0 Å². The van der Waals surface area contributed by atoms with E-state index in [1.165, 1.54) is 71.2 Å². The molecule has 0 saturated carbocycles.